The van der Waals surface area contributed by atoms with E-state index in [4.69, 9.17) is 4.84 Å². The molecule has 0 atom stereocenters. The van der Waals surface area contributed by atoms with Gasteiger partial charge in [-0.15, -0.1) is 5.10 Å². The zero-order valence-electron chi connectivity index (χ0n) is 10.4. The highest BCUT2D eigenvalue weighted by Gasteiger charge is 2.05. The number of fused-ring (bicyclic) bond motifs is 1. The van der Waals surface area contributed by atoms with Gasteiger partial charge >= 0.3 is 0 Å². The molecule has 1 aromatic heterocycles. The summed E-state index contributed by atoms with van der Waals surface area (Å²) in [5, 5.41) is 7.99. The maximum absolute atomic E-state index is 5.62. The fourth-order valence-corrected chi connectivity index (χ4v) is 1.84. The van der Waals surface area contributed by atoms with Gasteiger partial charge in [-0.3, -0.25) is 0 Å². The number of hydrogen-bond donors (Lipinski definition) is 0. The Morgan fingerprint density at radius 3 is 2.63 bits per heavy atom. The van der Waals surface area contributed by atoms with E-state index < -0.39 is 0 Å². The van der Waals surface area contributed by atoms with E-state index in [2.05, 4.69) is 16.9 Å². The van der Waals surface area contributed by atoms with Crippen molar-refractivity contribution in [3.05, 3.63) is 66.7 Å². The second kappa shape index (κ2) is 4.94. The van der Waals surface area contributed by atoms with Gasteiger partial charge in [0.15, 0.2) is 0 Å². The van der Waals surface area contributed by atoms with Crippen LogP contribution in [-0.2, 0) is 0 Å². The van der Waals surface area contributed by atoms with Crippen LogP contribution in [0.2, 0.25) is 0 Å². The van der Waals surface area contributed by atoms with Gasteiger partial charge < -0.3 is 4.84 Å². The molecule has 0 saturated carbocycles. The van der Waals surface area contributed by atoms with Crippen LogP contribution in [0.4, 0.5) is 0 Å². The first kappa shape index (κ1) is 11.5. The Bertz CT molecular complexity index is 703. The molecule has 0 radical (unpaired) electrons. The zero-order chi connectivity index (χ0) is 13.1. The summed E-state index contributed by atoms with van der Waals surface area (Å²) in [7, 11) is 0. The van der Waals surface area contributed by atoms with Crippen molar-refractivity contribution in [3.63, 3.8) is 0 Å². The lowest BCUT2D eigenvalue weighted by Gasteiger charge is -2.07. The first-order chi connectivity index (χ1) is 9.34. The fourth-order valence-electron chi connectivity index (χ4n) is 1.84. The van der Waals surface area contributed by atoms with E-state index in [9.17, 15) is 0 Å². The molecule has 4 heteroatoms. The van der Waals surface area contributed by atoms with E-state index in [0.717, 1.165) is 22.2 Å². The van der Waals surface area contributed by atoms with Crippen molar-refractivity contribution in [1.82, 2.24) is 15.2 Å². The van der Waals surface area contributed by atoms with Crippen molar-refractivity contribution >= 4 is 16.6 Å². The molecular weight excluding hydrogens is 238 g/mol. The van der Waals surface area contributed by atoms with Gasteiger partial charge in [0.25, 0.3) is 0 Å². The first-order valence-electron chi connectivity index (χ1n) is 6.01. The quantitative estimate of drug-likeness (QED) is 0.715. The number of nitrogens with zero attached hydrogens (tertiary/aromatic N) is 3. The standard InChI is InChI=1S/C15H13N3O/c1-12(13-7-3-2-4-8-13)11-19-18-15-10-6-5-9-14(15)16-17-18/h2-10H,1,11H2. The molecule has 0 saturated heterocycles. The topological polar surface area (TPSA) is 39.9 Å². The van der Waals surface area contributed by atoms with Crippen molar-refractivity contribution in [3.8, 4) is 0 Å². The van der Waals surface area contributed by atoms with E-state index in [1.807, 2.05) is 54.6 Å². The van der Waals surface area contributed by atoms with Gasteiger partial charge in [-0.05, 0) is 28.5 Å². The number of hydrogen-bond acceptors (Lipinski definition) is 3. The highest BCUT2D eigenvalue weighted by Crippen LogP contribution is 2.12. The minimum absolute atomic E-state index is 0.372. The Morgan fingerprint density at radius 2 is 1.79 bits per heavy atom. The normalized spacial score (nSPS) is 10.5. The number of rotatable bonds is 4. The van der Waals surface area contributed by atoms with Crippen molar-refractivity contribution in [1.29, 1.82) is 0 Å². The van der Waals surface area contributed by atoms with Gasteiger partial charge in [-0.1, -0.05) is 53.9 Å². The Morgan fingerprint density at radius 1 is 1.05 bits per heavy atom. The summed E-state index contributed by atoms with van der Waals surface area (Å²) in [6.07, 6.45) is 0. The number of para-hydroxylation sites is 1. The second-order valence-electron chi connectivity index (χ2n) is 4.19. The molecule has 2 aromatic carbocycles. The lowest BCUT2D eigenvalue weighted by atomic mass is 10.1. The summed E-state index contributed by atoms with van der Waals surface area (Å²) < 4.78 is 0. The summed E-state index contributed by atoms with van der Waals surface area (Å²) in [6.45, 7) is 4.39. The fraction of sp³-hybridized carbons (Fsp3) is 0.0667. The summed E-state index contributed by atoms with van der Waals surface area (Å²) >= 11 is 0. The molecule has 4 nitrogen and oxygen atoms in total. The van der Waals surface area contributed by atoms with Gasteiger partial charge in [0.1, 0.15) is 17.6 Å². The molecular formula is C15H13N3O. The lowest BCUT2D eigenvalue weighted by molar-refractivity contribution is 0.114. The summed E-state index contributed by atoms with van der Waals surface area (Å²) in [6, 6.07) is 17.6. The van der Waals surface area contributed by atoms with Crippen LogP contribution < -0.4 is 4.84 Å². The van der Waals surface area contributed by atoms with Crippen LogP contribution in [0.3, 0.4) is 0 Å². The second-order valence-corrected chi connectivity index (χ2v) is 4.19. The molecule has 1 heterocycles. The molecule has 3 aromatic rings. The van der Waals surface area contributed by atoms with Gasteiger partial charge in [-0.25, -0.2) is 0 Å². The molecule has 0 fully saturated rings. The van der Waals surface area contributed by atoms with Gasteiger partial charge in [0.2, 0.25) is 0 Å². The molecule has 0 amide bonds. The molecule has 3 rings (SSSR count). The Labute approximate surface area is 110 Å². The van der Waals surface area contributed by atoms with Crippen LogP contribution in [0.25, 0.3) is 16.6 Å². The zero-order valence-corrected chi connectivity index (χ0v) is 10.4. The average Bonchev–Trinajstić information content (AvgIpc) is 2.89. The number of benzene rings is 2. The summed E-state index contributed by atoms with van der Waals surface area (Å²) in [5.74, 6) is 0. The van der Waals surface area contributed by atoms with Crippen LogP contribution in [-0.4, -0.2) is 21.8 Å². The molecule has 0 bridgehead atoms. The maximum atomic E-state index is 5.62. The van der Waals surface area contributed by atoms with Crippen molar-refractivity contribution in [2.75, 3.05) is 6.61 Å². The molecule has 0 N–H and O–H groups in total. The highest BCUT2D eigenvalue weighted by atomic mass is 16.7. The SMILES string of the molecule is C=C(COn1nnc2ccccc21)c1ccccc1. The number of aromatic nitrogens is 3. The maximum Gasteiger partial charge on any atom is 0.142 e. The van der Waals surface area contributed by atoms with Crippen LogP contribution in [0, 0.1) is 0 Å². The van der Waals surface area contributed by atoms with Gasteiger partial charge in [0, 0.05) is 0 Å². The largest absolute Gasteiger partial charge is 0.390 e. The van der Waals surface area contributed by atoms with Crippen molar-refractivity contribution < 1.29 is 4.84 Å². The average molecular weight is 251 g/mol. The third-order valence-electron chi connectivity index (χ3n) is 2.86. The van der Waals surface area contributed by atoms with Gasteiger partial charge in [0.05, 0.1) is 0 Å². The van der Waals surface area contributed by atoms with Crippen LogP contribution >= 0.6 is 0 Å². The van der Waals surface area contributed by atoms with Crippen molar-refractivity contribution in [2.45, 2.75) is 0 Å². The Hall–Kier alpha value is -2.62. The molecule has 0 spiro atoms. The molecule has 0 unspecified atom stereocenters. The summed E-state index contributed by atoms with van der Waals surface area (Å²) in [5.41, 5.74) is 3.63. The Balaban J connectivity index is 1.75. The van der Waals surface area contributed by atoms with E-state index >= 15 is 0 Å². The molecule has 0 aliphatic rings. The molecule has 0 aliphatic heterocycles. The highest BCUT2D eigenvalue weighted by molar-refractivity contribution is 5.73. The summed E-state index contributed by atoms with van der Waals surface area (Å²) in [4.78, 5) is 7.05. The minimum atomic E-state index is 0.372. The van der Waals surface area contributed by atoms with Crippen molar-refractivity contribution in [2.24, 2.45) is 0 Å². The van der Waals surface area contributed by atoms with Crippen LogP contribution in [0.15, 0.2) is 61.2 Å². The van der Waals surface area contributed by atoms with E-state index in [-0.39, 0.29) is 0 Å². The predicted octanol–water partition coefficient (Wildman–Crippen LogP) is 2.57. The molecule has 94 valence electrons. The monoisotopic (exact) mass is 251 g/mol. The lowest BCUT2D eigenvalue weighted by Crippen LogP contribution is -2.15. The first-order valence-corrected chi connectivity index (χ1v) is 6.01. The van der Waals surface area contributed by atoms with Crippen LogP contribution in [0.5, 0.6) is 0 Å². The third-order valence-corrected chi connectivity index (χ3v) is 2.86. The predicted molar refractivity (Wildman–Crippen MR) is 74.5 cm³/mol. The smallest absolute Gasteiger partial charge is 0.142 e. The molecule has 19 heavy (non-hydrogen) atoms. The minimum Gasteiger partial charge on any atom is -0.390 e. The van der Waals surface area contributed by atoms with E-state index in [1.165, 1.54) is 4.85 Å². The van der Waals surface area contributed by atoms with E-state index in [0.29, 0.717) is 6.61 Å². The third kappa shape index (κ3) is 2.33. The Kier molecular flexibility index (Phi) is 2.98. The van der Waals surface area contributed by atoms with Crippen LogP contribution in [0.1, 0.15) is 5.56 Å². The van der Waals surface area contributed by atoms with Gasteiger partial charge in [-0.2, -0.15) is 0 Å². The van der Waals surface area contributed by atoms with E-state index in [1.54, 1.807) is 0 Å². The molecule has 0 aliphatic carbocycles.